The number of ether oxygens (including phenoxy) is 1. The van der Waals surface area contributed by atoms with Gasteiger partial charge < -0.3 is 15.4 Å². The van der Waals surface area contributed by atoms with Crippen LogP contribution >= 0.6 is 27.7 Å². The Morgan fingerprint density at radius 2 is 1.80 bits per heavy atom. The molecule has 0 radical (unpaired) electrons. The number of carbonyl (C=O) groups is 2. The van der Waals surface area contributed by atoms with Crippen LogP contribution in [0.15, 0.2) is 46.9 Å². The van der Waals surface area contributed by atoms with Gasteiger partial charge in [0, 0.05) is 10.2 Å². The molecule has 2 aromatic rings. The van der Waals surface area contributed by atoms with Gasteiger partial charge in [-0.05, 0) is 42.8 Å². The van der Waals surface area contributed by atoms with Crippen LogP contribution in [0.2, 0.25) is 0 Å². The summed E-state index contributed by atoms with van der Waals surface area (Å²) in [4.78, 5) is 24.0. The minimum atomic E-state index is -0.190. The van der Waals surface area contributed by atoms with Crippen molar-refractivity contribution in [1.29, 1.82) is 0 Å². The molecule has 0 unspecified atom stereocenters. The summed E-state index contributed by atoms with van der Waals surface area (Å²) in [7, 11) is 1.54. The molecule has 0 saturated heterocycles. The number of anilines is 2. The number of hydrogen-bond donors (Lipinski definition) is 2. The van der Waals surface area contributed by atoms with Crippen molar-refractivity contribution < 1.29 is 14.3 Å². The summed E-state index contributed by atoms with van der Waals surface area (Å²) in [5.74, 6) is 0.639. The monoisotopic (exact) mass is 422 g/mol. The number of carbonyl (C=O) groups excluding carboxylic acids is 2. The fraction of sp³-hybridized carbons (Fsp3) is 0.222. The molecule has 7 heteroatoms. The summed E-state index contributed by atoms with van der Waals surface area (Å²) >= 11 is 4.61. The Morgan fingerprint density at radius 3 is 2.48 bits per heavy atom. The SMILES string of the molecule is COc1ccc(Br)cc1NC(=O)CSCC(=O)Nc1cccc(C)c1. The smallest absolute Gasteiger partial charge is 0.234 e. The molecule has 2 aromatic carbocycles. The molecule has 0 fully saturated rings. The number of hydrogen-bond acceptors (Lipinski definition) is 4. The molecule has 5 nitrogen and oxygen atoms in total. The molecule has 0 saturated carbocycles. The summed E-state index contributed by atoms with van der Waals surface area (Å²) in [5.41, 5.74) is 2.42. The van der Waals surface area contributed by atoms with E-state index in [1.165, 1.54) is 11.8 Å². The average Bonchev–Trinajstić information content (AvgIpc) is 2.55. The Kier molecular flexibility index (Phi) is 7.33. The van der Waals surface area contributed by atoms with Crippen molar-refractivity contribution in [2.75, 3.05) is 29.2 Å². The van der Waals surface area contributed by atoms with Gasteiger partial charge in [0.05, 0.1) is 24.3 Å². The van der Waals surface area contributed by atoms with Gasteiger partial charge >= 0.3 is 0 Å². The maximum atomic E-state index is 12.0. The molecular formula is C18H19BrN2O3S. The van der Waals surface area contributed by atoms with E-state index in [0.717, 1.165) is 15.7 Å². The van der Waals surface area contributed by atoms with Gasteiger partial charge in [-0.15, -0.1) is 11.8 Å². The van der Waals surface area contributed by atoms with Crippen LogP contribution in [0.3, 0.4) is 0 Å². The summed E-state index contributed by atoms with van der Waals surface area (Å²) < 4.78 is 6.05. The Hall–Kier alpha value is -1.99. The highest BCUT2D eigenvalue weighted by atomic mass is 79.9. The second-order valence-electron chi connectivity index (χ2n) is 5.30. The van der Waals surface area contributed by atoms with Crippen molar-refractivity contribution in [3.63, 3.8) is 0 Å². The number of benzene rings is 2. The number of halogens is 1. The number of rotatable bonds is 7. The number of amides is 2. The Balaban J connectivity index is 1.78. The van der Waals surface area contributed by atoms with Gasteiger partial charge in [0.25, 0.3) is 0 Å². The molecule has 0 spiro atoms. The highest BCUT2D eigenvalue weighted by Gasteiger charge is 2.10. The summed E-state index contributed by atoms with van der Waals surface area (Å²) in [5, 5.41) is 5.60. The molecule has 0 aromatic heterocycles. The van der Waals surface area contributed by atoms with Gasteiger partial charge in [0.2, 0.25) is 11.8 Å². The van der Waals surface area contributed by atoms with Crippen LogP contribution in [0.1, 0.15) is 5.56 Å². The summed E-state index contributed by atoms with van der Waals surface area (Å²) in [6, 6.07) is 12.9. The summed E-state index contributed by atoms with van der Waals surface area (Å²) in [6.07, 6.45) is 0. The maximum Gasteiger partial charge on any atom is 0.234 e. The molecule has 0 aliphatic carbocycles. The van der Waals surface area contributed by atoms with Crippen LogP contribution in [0.5, 0.6) is 5.75 Å². The summed E-state index contributed by atoms with van der Waals surface area (Å²) in [6.45, 7) is 1.96. The molecule has 132 valence electrons. The predicted octanol–water partition coefficient (Wildman–Crippen LogP) is 4.08. The van der Waals surface area contributed by atoms with Crippen molar-refractivity contribution in [2.24, 2.45) is 0 Å². The van der Waals surface area contributed by atoms with E-state index in [2.05, 4.69) is 26.6 Å². The van der Waals surface area contributed by atoms with Gasteiger partial charge in [-0.2, -0.15) is 0 Å². The number of aryl methyl sites for hydroxylation is 1. The van der Waals surface area contributed by atoms with Crippen LogP contribution in [0, 0.1) is 6.92 Å². The molecule has 2 rings (SSSR count). The second kappa shape index (κ2) is 9.48. The quantitative estimate of drug-likeness (QED) is 0.705. The minimum absolute atomic E-state index is 0.136. The lowest BCUT2D eigenvalue weighted by Crippen LogP contribution is -2.18. The molecule has 0 heterocycles. The van der Waals surface area contributed by atoms with Crippen molar-refractivity contribution in [3.8, 4) is 5.75 Å². The Morgan fingerprint density at radius 1 is 1.08 bits per heavy atom. The Bertz CT molecular complexity index is 768. The molecular weight excluding hydrogens is 404 g/mol. The van der Waals surface area contributed by atoms with E-state index in [4.69, 9.17) is 4.74 Å². The third-order valence-electron chi connectivity index (χ3n) is 3.20. The lowest BCUT2D eigenvalue weighted by Gasteiger charge is -2.10. The zero-order valence-electron chi connectivity index (χ0n) is 14.0. The van der Waals surface area contributed by atoms with Crippen molar-refractivity contribution in [3.05, 3.63) is 52.5 Å². The Labute approximate surface area is 159 Å². The van der Waals surface area contributed by atoms with E-state index in [1.807, 2.05) is 37.3 Å². The number of nitrogens with one attached hydrogen (secondary N) is 2. The first-order chi connectivity index (χ1) is 12.0. The van der Waals surface area contributed by atoms with Crippen molar-refractivity contribution in [2.45, 2.75) is 6.92 Å². The fourth-order valence-corrected chi connectivity index (χ4v) is 3.10. The van der Waals surface area contributed by atoms with Gasteiger partial charge in [0.1, 0.15) is 5.75 Å². The average molecular weight is 423 g/mol. The lowest BCUT2D eigenvalue weighted by molar-refractivity contribution is -0.114. The zero-order chi connectivity index (χ0) is 18.2. The predicted molar refractivity (Wildman–Crippen MR) is 106 cm³/mol. The van der Waals surface area contributed by atoms with Crippen molar-refractivity contribution in [1.82, 2.24) is 0 Å². The van der Waals surface area contributed by atoms with Crippen LogP contribution in [-0.2, 0) is 9.59 Å². The lowest BCUT2D eigenvalue weighted by atomic mass is 10.2. The zero-order valence-corrected chi connectivity index (χ0v) is 16.4. The van der Waals surface area contributed by atoms with Crippen molar-refractivity contribution >= 4 is 50.9 Å². The van der Waals surface area contributed by atoms with E-state index in [9.17, 15) is 9.59 Å². The molecule has 25 heavy (non-hydrogen) atoms. The molecule has 0 aliphatic heterocycles. The van der Waals surface area contributed by atoms with Gasteiger partial charge in [-0.25, -0.2) is 0 Å². The second-order valence-corrected chi connectivity index (χ2v) is 7.20. The molecule has 0 bridgehead atoms. The van der Waals surface area contributed by atoms with E-state index in [-0.39, 0.29) is 23.3 Å². The fourth-order valence-electron chi connectivity index (χ4n) is 2.12. The highest BCUT2D eigenvalue weighted by molar-refractivity contribution is 9.10. The van der Waals surface area contributed by atoms with E-state index >= 15 is 0 Å². The molecule has 2 amide bonds. The number of methoxy groups -OCH3 is 1. The van der Waals surface area contributed by atoms with Crippen LogP contribution in [0.4, 0.5) is 11.4 Å². The largest absolute Gasteiger partial charge is 0.495 e. The topological polar surface area (TPSA) is 67.4 Å². The first kappa shape index (κ1) is 19.3. The third-order valence-corrected chi connectivity index (χ3v) is 4.63. The van der Waals surface area contributed by atoms with Crippen LogP contribution in [-0.4, -0.2) is 30.4 Å². The number of thioether (sulfide) groups is 1. The van der Waals surface area contributed by atoms with Gasteiger partial charge in [-0.1, -0.05) is 28.1 Å². The minimum Gasteiger partial charge on any atom is -0.495 e. The maximum absolute atomic E-state index is 12.0. The van der Waals surface area contributed by atoms with E-state index in [0.29, 0.717) is 11.4 Å². The van der Waals surface area contributed by atoms with Gasteiger partial charge in [0.15, 0.2) is 0 Å². The molecule has 0 aliphatic rings. The molecule has 2 N–H and O–H groups in total. The van der Waals surface area contributed by atoms with Crippen LogP contribution < -0.4 is 15.4 Å². The standard InChI is InChI=1S/C18H19BrN2O3S/c1-12-4-3-5-14(8-12)20-17(22)10-25-11-18(23)21-15-9-13(19)6-7-16(15)24-2/h3-9H,10-11H2,1-2H3,(H,20,22)(H,21,23). The van der Waals surface area contributed by atoms with E-state index in [1.54, 1.807) is 19.2 Å². The highest BCUT2D eigenvalue weighted by Crippen LogP contribution is 2.28. The normalized spacial score (nSPS) is 10.2. The third kappa shape index (κ3) is 6.43. The van der Waals surface area contributed by atoms with E-state index < -0.39 is 0 Å². The first-order valence-corrected chi connectivity index (χ1v) is 9.50. The first-order valence-electron chi connectivity index (χ1n) is 7.55. The van der Waals surface area contributed by atoms with Gasteiger partial charge in [-0.3, -0.25) is 9.59 Å². The van der Waals surface area contributed by atoms with Crippen LogP contribution in [0.25, 0.3) is 0 Å². The molecule has 0 atom stereocenters.